The van der Waals surface area contributed by atoms with Gasteiger partial charge in [-0.25, -0.2) is 4.79 Å². The van der Waals surface area contributed by atoms with Crippen LogP contribution in [0.4, 0.5) is 0 Å². The monoisotopic (exact) mass is 645 g/mol. The van der Waals surface area contributed by atoms with Crippen LogP contribution in [0.3, 0.4) is 0 Å². The Morgan fingerprint density at radius 2 is 1.76 bits per heavy atom. The first-order chi connectivity index (χ1) is 22.1. The zero-order chi connectivity index (χ0) is 32.8. The second-order valence-electron chi connectivity index (χ2n) is 14.9. The van der Waals surface area contributed by atoms with Gasteiger partial charge in [0.1, 0.15) is 29.5 Å². The number of carbonyl (C=O) groups excluding carboxylic acids is 1. The first-order valence-electron chi connectivity index (χ1n) is 16.9. The summed E-state index contributed by atoms with van der Waals surface area (Å²) in [4.78, 5) is 16.1. The van der Waals surface area contributed by atoms with Crippen LogP contribution in [0.1, 0.15) is 43.0 Å². The number of piperidine rings is 1. The van der Waals surface area contributed by atoms with Gasteiger partial charge in [-0.2, -0.15) is 0 Å². The Hall–Kier alpha value is -1.67. The average molecular weight is 646 g/mol. The van der Waals surface area contributed by atoms with Gasteiger partial charge in [-0.3, -0.25) is 0 Å². The molecule has 46 heavy (non-hydrogen) atoms. The summed E-state index contributed by atoms with van der Waals surface area (Å²) in [6, 6.07) is 8.58. The van der Waals surface area contributed by atoms with Crippen LogP contribution in [-0.4, -0.2) is 135 Å². The Morgan fingerprint density at radius 1 is 1.02 bits per heavy atom. The maximum atomic E-state index is 13.8. The number of methoxy groups -OCH3 is 4. The van der Waals surface area contributed by atoms with E-state index < -0.39 is 76.5 Å². The van der Waals surface area contributed by atoms with Gasteiger partial charge < -0.3 is 48.6 Å². The van der Waals surface area contributed by atoms with E-state index in [0.29, 0.717) is 31.7 Å². The standard InChI is InChI=1S/C35H51NO10/c1-7-8-14-45-35-23-20(16-33(40,30(44-6)28(35)38)29(23)46-31(39)19-12-10-9-11-13-19)34-22(42-4)15-21(37)32(18-41-3)17-36(2)27(34)24(35)25(43-5)26(32)34/h9-13,20-30,37-38,40H,7-8,14-18H2,1-6H3/t20-,21-,22?,23-,24+,25+,26-,27-,28+,29-,30+,32+,33+,34+,35-/m1/s1. The van der Waals surface area contributed by atoms with Crippen LogP contribution in [-0.2, 0) is 28.4 Å². The second-order valence-corrected chi connectivity index (χ2v) is 14.9. The van der Waals surface area contributed by atoms with Crippen molar-refractivity contribution in [2.75, 3.05) is 55.2 Å². The number of fused-ring (bicyclic) bond motifs is 2. The molecule has 15 atom stereocenters. The molecule has 5 saturated carbocycles. The average Bonchev–Trinajstić information content (AvgIpc) is 3.43. The molecule has 1 aliphatic heterocycles. The molecule has 7 bridgehead atoms. The van der Waals surface area contributed by atoms with Gasteiger partial charge in [0, 0.05) is 82.6 Å². The predicted octanol–water partition coefficient (Wildman–Crippen LogP) is 1.51. The number of aliphatic hydroxyl groups is 3. The molecule has 0 radical (unpaired) electrons. The normalized spacial score (nSPS) is 50.1. The van der Waals surface area contributed by atoms with Crippen molar-refractivity contribution < 1.29 is 48.5 Å². The lowest BCUT2D eigenvalue weighted by Gasteiger charge is -2.70. The van der Waals surface area contributed by atoms with Gasteiger partial charge in [-0.1, -0.05) is 31.5 Å². The Kier molecular flexibility index (Phi) is 8.18. The number of carbonyl (C=O) groups is 1. The third-order valence-corrected chi connectivity index (χ3v) is 13.4. The lowest BCUT2D eigenvalue weighted by molar-refractivity contribution is -0.329. The van der Waals surface area contributed by atoms with E-state index >= 15 is 0 Å². The summed E-state index contributed by atoms with van der Waals surface area (Å²) in [6.07, 6.45) is -2.77. The lowest BCUT2D eigenvalue weighted by atomic mass is 9.42. The Labute approximate surface area is 271 Å². The van der Waals surface area contributed by atoms with Crippen LogP contribution in [0.15, 0.2) is 30.3 Å². The molecule has 1 spiro atoms. The fourth-order valence-electron chi connectivity index (χ4n) is 12.4. The van der Waals surface area contributed by atoms with Gasteiger partial charge in [0.2, 0.25) is 0 Å². The molecule has 6 fully saturated rings. The smallest absolute Gasteiger partial charge is 0.338 e. The molecule has 0 aromatic heterocycles. The molecule has 6 aliphatic rings. The van der Waals surface area contributed by atoms with Gasteiger partial charge in [0.05, 0.1) is 30.5 Å². The summed E-state index contributed by atoms with van der Waals surface area (Å²) in [5.74, 6) is -2.18. The van der Waals surface area contributed by atoms with E-state index in [1.807, 2.05) is 6.07 Å². The number of hydrogen-bond donors (Lipinski definition) is 3. The molecule has 1 saturated heterocycles. The van der Waals surface area contributed by atoms with Crippen molar-refractivity contribution in [3.05, 3.63) is 35.9 Å². The Balaban J connectivity index is 1.50. The minimum atomic E-state index is -1.71. The van der Waals surface area contributed by atoms with Crippen molar-refractivity contribution >= 4 is 5.97 Å². The molecule has 11 heteroatoms. The van der Waals surface area contributed by atoms with E-state index in [0.717, 1.165) is 12.8 Å². The highest BCUT2D eigenvalue weighted by atomic mass is 16.6. The Morgan fingerprint density at radius 3 is 2.39 bits per heavy atom. The molecule has 5 aliphatic carbocycles. The second kappa shape index (κ2) is 11.5. The molecule has 3 N–H and O–H groups in total. The molecule has 1 aromatic rings. The van der Waals surface area contributed by atoms with E-state index in [4.69, 9.17) is 28.4 Å². The number of esters is 1. The molecule has 1 heterocycles. The number of nitrogens with zero attached hydrogens (tertiary/aromatic N) is 1. The third kappa shape index (κ3) is 3.78. The third-order valence-electron chi connectivity index (χ3n) is 13.4. The fraction of sp³-hybridized carbons (Fsp3) is 0.800. The number of benzene rings is 1. The maximum absolute atomic E-state index is 13.8. The molecule has 11 nitrogen and oxygen atoms in total. The number of aliphatic hydroxyl groups excluding tert-OH is 2. The zero-order valence-corrected chi connectivity index (χ0v) is 27.8. The minimum Gasteiger partial charge on any atom is -0.455 e. The van der Waals surface area contributed by atoms with Crippen LogP contribution in [0, 0.1) is 34.5 Å². The minimum absolute atomic E-state index is 0.189. The van der Waals surface area contributed by atoms with E-state index in [-0.39, 0.29) is 24.3 Å². The van der Waals surface area contributed by atoms with Crippen molar-refractivity contribution in [3.8, 4) is 0 Å². The van der Waals surface area contributed by atoms with Gasteiger partial charge in [-0.05, 0) is 37.9 Å². The summed E-state index contributed by atoms with van der Waals surface area (Å²) in [7, 11) is 8.60. The first-order valence-corrected chi connectivity index (χ1v) is 16.9. The van der Waals surface area contributed by atoms with Crippen molar-refractivity contribution in [3.63, 3.8) is 0 Å². The van der Waals surface area contributed by atoms with E-state index in [9.17, 15) is 20.1 Å². The zero-order valence-electron chi connectivity index (χ0n) is 27.8. The van der Waals surface area contributed by atoms with Gasteiger partial charge in [0.25, 0.3) is 0 Å². The number of unbranched alkanes of at least 4 members (excludes halogenated alkanes) is 1. The molecule has 7 rings (SSSR count). The SMILES string of the molecule is CCCCO[C@]12[C@H]3[C@@H](OC(=O)c4ccccc4)[C@@](O)(C[C@H]3[C@@]34C(OC)C[C@@H](O)[C@@]5(COC)CN(C)[C@@H]3[C@@H]1[C@H](OC)[C@H]54)[C@@H](OC)[C@@H]2O. The summed E-state index contributed by atoms with van der Waals surface area (Å²) < 4.78 is 38.4. The fourth-order valence-corrected chi connectivity index (χ4v) is 12.4. The number of hydrogen-bond acceptors (Lipinski definition) is 11. The summed E-state index contributed by atoms with van der Waals surface area (Å²) in [6.45, 7) is 3.33. The highest BCUT2D eigenvalue weighted by molar-refractivity contribution is 5.89. The number of ether oxygens (including phenoxy) is 6. The van der Waals surface area contributed by atoms with Crippen molar-refractivity contribution in [2.24, 2.45) is 34.5 Å². The van der Waals surface area contributed by atoms with E-state index in [1.165, 1.54) is 7.11 Å². The van der Waals surface area contributed by atoms with Crippen molar-refractivity contribution in [1.29, 1.82) is 0 Å². The number of rotatable bonds is 11. The predicted molar refractivity (Wildman–Crippen MR) is 165 cm³/mol. The molecule has 1 aromatic carbocycles. The van der Waals surface area contributed by atoms with Crippen molar-refractivity contribution in [2.45, 2.75) is 86.5 Å². The van der Waals surface area contributed by atoms with Gasteiger partial charge in [-0.15, -0.1) is 0 Å². The number of likely N-dealkylation sites (tertiary alicyclic amines) is 1. The Bertz CT molecular complexity index is 1300. The van der Waals surface area contributed by atoms with Crippen LogP contribution >= 0.6 is 0 Å². The van der Waals surface area contributed by atoms with Crippen molar-refractivity contribution in [1.82, 2.24) is 4.90 Å². The van der Waals surface area contributed by atoms with Gasteiger partial charge in [0.15, 0.2) is 0 Å². The quantitative estimate of drug-likeness (QED) is 0.239. The molecular weight excluding hydrogens is 594 g/mol. The molecule has 256 valence electrons. The first kappa shape index (κ1) is 32.9. The molecular formula is C35H51NO10. The molecule has 0 amide bonds. The van der Waals surface area contributed by atoms with E-state index in [1.54, 1.807) is 45.6 Å². The van der Waals surface area contributed by atoms with Crippen LogP contribution in [0.25, 0.3) is 0 Å². The lowest BCUT2D eigenvalue weighted by Crippen LogP contribution is -2.81. The highest BCUT2D eigenvalue weighted by Gasteiger charge is 2.91. The summed E-state index contributed by atoms with van der Waals surface area (Å²) in [5, 5.41) is 37.5. The highest BCUT2D eigenvalue weighted by Crippen LogP contribution is 2.80. The van der Waals surface area contributed by atoms with Gasteiger partial charge >= 0.3 is 5.97 Å². The van der Waals surface area contributed by atoms with E-state index in [2.05, 4.69) is 18.9 Å². The molecule has 1 unspecified atom stereocenters. The summed E-state index contributed by atoms with van der Waals surface area (Å²) in [5.41, 5.74) is -4.01. The van der Waals surface area contributed by atoms with Crippen LogP contribution in [0.2, 0.25) is 0 Å². The van der Waals surface area contributed by atoms with Crippen LogP contribution < -0.4 is 0 Å². The largest absolute Gasteiger partial charge is 0.455 e. The summed E-state index contributed by atoms with van der Waals surface area (Å²) >= 11 is 0. The van der Waals surface area contributed by atoms with Crippen LogP contribution in [0.5, 0.6) is 0 Å². The topological polar surface area (TPSA) is 136 Å². The maximum Gasteiger partial charge on any atom is 0.338 e.